The first-order chi connectivity index (χ1) is 11.9. The van der Waals surface area contributed by atoms with Crippen molar-refractivity contribution >= 4 is 23.4 Å². The molecular weight excluding hydrogens is 336 g/mol. The van der Waals surface area contributed by atoms with E-state index in [1.165, 1.54) is 0 Å². The van der Waals surface area contributed by atoms with Crippen LogP contribution in [0.3, 0.4) is 0 Å². The fraction of sp³-hybridized carbons (Fsp3) is 0.300. The normalized spacial score (nSPS) is 11.7. The van der Waals surface area contributed by atoms with Crippen molar-refractivity contribution in [3.05, 3.63) is 70.2 Å². The molecule has 0 bridgehead atoms. The SMILES string of the molecule is CNC(=O)[C@@H](C)N(Cc1ccccc1C)C(=O)Cc1cccc(Cl)c1. The minimum atomic E-state index is -0.559. The molecule has 132 valence electrons. The summed E-state index contributed by atoms with van der Waals surface area (Å²) in [5.41, 5.74) is 2.95. The monoisotopic (exact) mass is 358 g/mol. The van der Waals surface area contributed by atoms with Crippen LogP contribution in [0.5, 0.6) is 0 Å². The smallest absolute Gasteiger partial charge is 0.242 e. The third-order valence-corrected chi connectivity index (χ3v) is 4.50. The molecule has 0 aromatic heterocycles. The molecule has 0 unspecified atom stereocenters. The van der Waals surface area contributed by atoms with Gasteiger partial charge in [-0.05, 0) is 42.7 Å². The van der Waals surface area contributed by atoms with Gasteiger partial charge in [0.2, 0.25) is 11.8 Å². The number of hydrogen-bond acceptors (Lipinski definition) is 2. The highest BCUT2D eigenvalue weighted by Gasteiger charge is 2.25. The molecule has 0 radical (unpaired) electrons. The van der Waals surface area contributed by atoms with Gasteiger partial charge in [-0.15, -0.1) is 0 Å². The van der Waals surface area contributed by atoms with Crippen LogP contribution < -0.4 is 5.32 Å². The molecule has 0 saturated carbocycles. The van der Waals surface area contributed by atoms with E-state index in [1.807, 2.05) is 43.3 Å². The van der Waals surface area contributed by atoms with Crippen molar-refractivity contribution in [1.29, 1.82) is 0 Å². The Morgan fingerprint density at radius 2 is 1.88 bits per heavy atom. The van der Waals surface area contributed by atoms with E-state index in [0.717, 1.165) is 16.7 Å². The molecule has 2 amide bonds. The molecule has 2 rings (SSSR count). The van der Waals surface area contributed by atoms with Crippen LogP contribution >= 0.6 is 11.6 Å². The predicted octanol–water partition coefficient (Wildman–Crippen LogP) is 3.35. The van der Waals surface area contributed by atoms with Gasteiger partial charge in [0.25, 0.3) is 0 Å². The third kappa shape index (κ3) is 5.07. The zero-order chi connectivity index (χ0) is 18.4. The lowest BCUT2D eigenvalue weighted by molar-refractivity contribution is -0.139. The minimum Gasteiger partial charge on any atom is -0.357 e. The summed E-state index contributed by atoms with van der Waals surface area (Å²) >= 11 is 6.00. The van der Waals surface area contributed by atoms with Crippen molar-refractivity contribution < 1.29 is 9.59 Å². The summed E-state index contributed by atoms with van der Waals surface area (Å²) in [5.74, 6) is -0.297. The molecule has 2 aromatic rings. The van der Waals surface area contributed by atoms with Crippen LogP contribution in [-0.2, 0) is 22.6 Å². The molecule has 0 aliphatic carbocycles. The fourth-order valence-electron chi connectivity index (χ4n) is 2.69. The molecule has 5 heteroatoms. The lowest BCUT2D eigenvalue weighted by Crippen LogP contribution is -2.47. The van der Waals surface area contributed by atoms with Crippen molar-refractivity contribution in [2.24, 2.45) is 0 Å². The van der Waals surface area contributed by atoms with Gasteiger partial charge in [0.05, 0.1) is 6.42 Å². The highest BCUT2D eigenvalue weighted by atomic mass is 35.5. The molecule has 25 heavy (non-hydrogen) atoms. The standard InChI is InChI=1S/C20H23ClN2O2/c1-14-7-4-5-9-17(14)13-23(15(2)20(25)22-3)19(24)12-16-8-6-10-18(21)11-16/h4-11,15H,12-13H2,1-3H3,(H,22,25)/t15-/m1/s1. The van der Waals surface area contributed by atoms with E-state index >= 15 is 0 Å². The first-order valence-electron chi connectivity index (χ1n) is 8.22. The van der Waals surface area contributed by atoms with Gasteiger partial charge >= 0.3 is 0 Å². The third-order valence-electron chi connectivity index (χ3n) is 4.26. The molecule has 0 spiro atoms. The Labute approximate surface area is 153 Å². The van der Waals surface area contributed by atoms with Crippen LogP contribution in [0.25, 0.3) is 0 Å². The van der Waals surface area contributed by atoms with Gasteiger partial charge in [0, 0.05) is 18.6 Å². The number of carbonyl (C=O) groups is 2. The van der Waals surface area contributed by atoms with E-state index in [0.29, 0.717) is 11.6 Å². The molecule has 0 fully saturated rings. The summed E-state index contributed by atoms with van der Waals surface area (Å²) in [4.78, 5) is 26.6. The Kier molecular flexibility index (Phi) is 6.59. The number of hydrogen-bond donors (Lipinski definition) is 1. The van der Waals surface area contributed by atoms with Crippen LogP contribution in [0.1, 0.15) is 23.6 Å². The van der Waals surface area contributed by atoms with Crippen molar-refractivity contribution in [3.63, 3.8) is 0 Å². The van der Waals surface area contributed by atoms with Crippen molar-refractivity contribution in [3.8, 4) is 0 Å². The van der Waals surface area contributed by atoms with E-state index in [4.69, 9.17) is 11.6 Å². The average Bonchev–Trinajstić information content (AvgIpc) is 2.59. The molecule has 0 saturated heterocycles. The molecule has 4 nitrogen and oxygen atoms in total. The zero-order valence-electron chi connectivity index (χ0n) is 14.8. The zero-order valence-corrected chi connectivity index (χ0v) is 15.5. The summed E-state index contributed by atoms with van der Waals surface area (Å²) in [6, 6.07) is 14.5. The van der Waals surface area contributed by atoms with Crippen molar-refractivity contribution in [2.45, 2.75) is 32.9 Å². The molecule has 0 aliphatic rings. The number of benzene rings is 2. The summed E-state index contributed by atoms with van der Waals surface area (Å²) in [5, 5.41) is 3.21. The highest BCUT2D eigenvalue weighted by molar-refractivity contribution is 6.30. The van der Waals surface area contributed by atoms with E-state index < -0.39 is 6.04 Å². The van der Waals surface area contributed by atoms with Gasteiger partial charge in [-0.25, -0.2) is 0 Å². The molecule has 2 aromatic carbocycles. The first kappa shape index (κ1) is 19.0. The second-order valence-electron chi connectivity index (χ2n) is 6.05. The quantitative estimate of drug-likeness (QED) is 0.860. The highest BCUT2D eigenvalue weighted by Crippen LogP contribution is 2.17. The van der Waals surface area contributed by atoms with E-state index in [-0.39, 0.29) is 18.2 Å². The van der Waals surface area contributed by atoms with E-state index in [1.54, 1.807) is 31.0 Å². The second-order valence-corrected chi connectivity index (χ2v) is 6.48. The number of nitrogens with zero attached hydrogens (tertiary/aromatic N) is 1. The Hall–Kier alpha value is -2.33. The minimum absolute atomic E-state index is 0.110. The number of carbonyl (C=O) groups excluding carboxylic acids is 2. The van der Waals surface area contributed by atoms with Gasteiger partial charge in [-0.2, -0.15) is 0 Å². The number of aryl methyl sites for hydroxylation is 1. The molecular formula is C20H23ClN2O2. The molecule has 1 atom stereocenters. The first-order valence-corrected chi connectivity index (χ1v) is 8.60. The van der Waals surface area contributed by atoms with E-state index in [2.05, 4.69) is 5.32 Å². The van der Waals surface area contributed by atoms with Gasteiger partial charge in [0.1, 0.15) is 6.04 Å². The van der Waals surface area contributed by atoms with Crippen LogP contribution in [0.4, 0.5) is 0 Å². The maximum atomic E-state index is 12.9. The average molecular weight is 359 g/mol. The number of halogens is 1. The van der Waals surface area contributed by atoms with Gasteiger partial charge in [-0.3, -0.25) is 9.59 Å². The topological polar surface area (TPSA) is 49.4 Å². The van der Waals surface area contributed by atoms with Crippen molar-refractivity contribution in [1.82, 2.24) is 10.2 Å². The number of nitrogens with one attached hydrogen (secondary N) is 1. The summed E-state index contributed by atoms with van der Waals surface area (Å²) < 4.78 is 0. The summed E-state index contributed by atoms with van der Waals surface area (Å²) in [6.45, 7) is 4.13. The Balaban J connectivity index is 2.25. The number of likely N-dealkylation sites (N-methyl/N-ethyl adjacent to an activating group) is 1. The van der Waals surface area contributed by atoms with Crippen LogP contribution in [0.15, 0.2) is 48.5 Å². The fourth-order valence-corrected chi connectivity index (χ4v) is 2.90. The van der Waals surface area contributed by atoms with Crippen LogP contribution in [-0.4, -0.2) is 29.8 Å². The number of amides is 2. The van der Waals surface area contributed by atoms with E-state index in [9.17, 15) is 9.59 Å². The molecule has 1 N–H and O–H groups in total. The van der Waals surface area contributed by atoms with Crippen LogP contribution in [0.2, 0.25) is 5.02 Å². The maximum absolute atomic E-state index is 12.9. The molecule has 0 aliphatic heterocycles. The Morgan fingerprint density at radius 3 is 2.52 bits per heavy atom. The summed E-state index contributed by atoms with van der Waals surface area (Å²) in [7, 11) is 1.58. The molecule has 0 heterocycles. The van der Waals surface area contributed by atoms with Gasteiger partial charge in [-0.1, -0.05) is 48.0 Å². The second kappa shape index (κ2) is 8.67. The lowest BCUT2D eigenvalue weighted by atomic mass is 10.1. The van der Waals surface area contributed by atoms with Crippen LogP contribution in [0, 0.1) is 6.92 Å². The van der Waals surface area contributed by atoms with Crippen molar-refractivity contribution in [2.75, 3.05) is 7.05 Å². The van der Waals surface area contributed by atoms with Gasteiger partial charge < -0.3 is 10.2 Å². The lowest BCUT2D eigenvalue weighted by Gasteiger charge is -2.29. The summed E-state index contributed by atoms with van der Waals surface area (Å²) in [6.07, 6.45) is 0.202. The Bertz CT molecular complexity index is 761. The maximum Gasteiger partial charge on any atom is 0.242 e. The predicted molar refractivity (Wildman–Crippen MR) is 100 cm³/mol. The van der Waals surface area contributed by atoms with Gasteiger partial charge in [0.15, 0.2) is 0 Å². The number of rotatable bonds is 6. The Morgan fingerprint density at radius 1 is 1.16 bits per heavy atom. The largest absolute Gasteiger partial charge is 0.357 e.